The molecule has 1 aliphatic carbocycles. The number of hydrogen-bond acceptors (Lipinski definition) is 3. The van der Waals surface area contributed by atoms with Crippen molar-refractivity contribution in [1.82, 2.24) is 0 Å². The molecule has 0 aromatic heterocycles. The van der Waals surface area contributed by atoms with Gasteiger partial charge in [0.2, 0.25) is 0 Å². The summed E-state index contributed by atoms with van der Waals surface area (Å²) in [6.45, 7) is 6.80. The number of ketones is 1. The molecule has 22 heavy (non-hydrogen) atoms. The molecule has 0 amide bonds. The molecular formula is C19H26O3. The summed E-state index contributed by atoms with van der Waals surface area (Å²) in [6, 6.07) is 4.14. The molecule has 3 heteroatoms. The second-order valence-corrected chi connectivity index (χ2v) is 6.35. The first-order chi connectivity index (χ1) is 10.5. The van der Waals surface area contributed by atoms with Crippen LogP contribution >= 0.6 is 0 Å². The summed E-state index contributed by atoms with van der Waals surface area (Å²) < 4.78 is 5.05. The molecule has 1 aromatic carbocycles. The Labute approximate surface area is 133 Å². The van der Waals surface area contributed by atoms with Crippen molar-refractivity contribution in [2.75, 3.05) is 13.7 Å². The number of aliphatic hydroxyl groups excluding tert-OH is 1. The van der Waals surface area contributed by atoms with Crippen LogP contribution in [0.5, 0.6) is 0 Å². The fraction of sp³-hybridized carbons (Fsp3) is 0.526. The van der Waals surface area contributed by atoms with Gasteiger partial charge in [-0.05, 0) is 50.3 Å². The van der Waals surface area contributed by atoms with Gasteiger partial charge in [-0.1, -0.05) is 24.1 Å². The van der Waals surface area contributed by atoms with E-state index in [0.29, 0.717) is 12.0 Å². The second kappa shape index (κ2) is 7.10. The highest BCUT2D eigenvalue weighted by Crippen LogP contribution is 2.39. The molecule has 0 spiro atoms. The summed E-state index contributed by atoms with van der Waals surface area (Å²) in [6.07, 6.45) is 3.21. The summed E-state index contributed by atoms with van der Waals surface area (Å²) in [4.78, 5) is 12.4. The third kappa shape index (κ3) is 3.41. The lowest BCUT2D eigenvalue weighted by molar-refractivity contribution is -0.113. The van der Waals surface area contributed by atoms with Gasteiger partial charge in [-0.25, -0.2) is 0 Å². The van der Waals surface area contributed by atoms with E-state index in [4.69, 9.17) is 4.74 Å². The maximum atomic E-state index is 12.4. The first-order valence-corrected chi connectivity index (χ1v) is 7.99. The highest BCUT2D eigenvalue weighted by molar-refractivity contribution is 6.24. The Morgan fingerprint density at radius 2 is 1.82 bits per heavy atom. The maximum Gasteiger partial charge on any atom is 0.167 e. The fourth-order valence-corrected chi connectivity index (χ4v) is 3.49. The summed E-state index contributed by atoms with van der Waals surface area (Å²) in [7, 11) is 1.69. The van der Waals surface area contributed by atoms with Crippen LogP contribution in [0, 0.1) is 26.7 Å². The van der Waals surface area contributed by atoms with Gasteiger partial charge in [-0.2, -0.15) is 0 Å². The largest absolute Gasteiger partial charge is 0.511 e. The number of rotatable bonds is 6. The van der Waals surface area contributed by atoms with Crippen molar-refractivity contribution in [3.63, 3.8) is 0 Å². The van der Waals surface area contributed by atoms with Crippen LogP contribution in [-0.2, 0) is 9.53 Å². The Balaban J connectivity index is 2.26. The molecule has 1 unspecified atom stereocenters. The predicted molar refractivity (Wildman–Crippen MR) is 89.0 cm³/mol. The van der Waals surface area contributed by atoms with Crippen molar-refractivity contribution in [2.45, 2.75) is 46.5 Å². The van der Waals surface area contributed by atoms with E-state index in [0.717, 1.165) is 42.6 Å². The number of aliphatic hydroxyl groups is 1. The molecule has 0 aliphatic heterocycles. The van der Waals surface area contributed by atoms with Gasteiger partial charge >= 0.3 is 0 Å². The summed E-state index contributed by atoms with van der Waals surface area (Å²) >= 11 is 0. The highest BCUT2D eigenvalue weighted by atomic mass is 16.5. The van der Waals surface area contributed by atoms with Gasteiger partial charge in [0.15, 0.2) is 5.78 Å². The van der Waals surface area contributed by atoms with Crippen LogP contribution in [0.1, 0.15) is 47.9 Å². The van der Waals surface area contributed by atoms with Crippen molar-refractivity contribution in [2.24, 2.45) is 5.92 Å². The van der Waals surface area contributed by atoms with E-state index in [9.17, 15) is 9.90 Å². The first kappa shape index (κ1) is 16.8. The number of hydrogen-bond donors (Lipinski definition) is 1. The number of Topliss-reactive ketones (excluding diaryl/α,β-unsaturated/α-hetero) is 1. The molecule has 2 rings (SSSR count). The second-order valence-electron chi connectivity index (χ2n) is 6.35. The molecule has 120 valence electrons. The van der Waals surface area contributed by atoms with Gasteiger partial charge in [-0.3, -0.25) is 4.79 Å². The molecule has 0 bridgehead atoms. The van der Waals surface area contributed by atoms with Crippen LogP contribution in [0.25, 0.3) is 5.57 Å². The Bertz CT molecular complexity index is 576. The molecule has 0 saturated heterocycles. The average Bonchev–Trinajstić information content (AvgIpc) is 2.70. The number of carbonyl (C=O) groups is 1. The Morgan fingerprint density at radius 3 is 2.41 bits per heavy atom. The number of ether oxygens (including phenoxy) is 1. The van der Waals surface area contributed by atoms with Gasteiger partial charge in [0.05, 0.1) is 5.57 Å². The monoisotopic (exact) mass is 302 g/mol. The normalized spacial score (nSPS) is 18.4. The van der Waals surface area contributed by atoms with Gasteiger partial charge in [0.25, 0.3) is 0 Å². The lowest BCUT2D eigenvalue weighted by atomic mass is 9.92. The molecule has 0 saturated carbocycles. The minimum Gasteiger partial charge on any atom is -0.511 e. The number of aryl methyl sites for hydroxylation is 3. The van der Waals surface area contributed by atoms with Crippen LogP contribution in [0.4, 0.5) is 0 Å². The lowest BCUT2D eigenvalue weighted by Gasteiger charge is -2.13. The fourth-order valence-electron chi connectivity index (χ4n) is 3.49. The molecule has 1 N–H and O–H groups in total. The van der Waals surface area contributed by atoms with Crippen LogP contribution < -0.4 is 0 Å². The number of carbonyl (C=O) groups excluding carboxylic acids is 1. The van der Waals surface area contributed by atoms with E-state index >= 15 is 0 Å². The zero-order chi connectivity index (χ0) is 16.3. The van der Waals surface area contributed by atoms with E-state index in [1.807, 2.05) is 20.8 Å². The van der Waals surface area contributed by atoms with Gasteiger partial charge in [-0.15, -0.1) is 0 Å². The first-order valence-electron chi connectivity index (χ1n) is 7.99. The zero-order valence-corrected chi connectivity index (χ0v) is 14.0. The van der Waals surface area contributed by atoms with Crippen molar-refractivity contribution in [1.29, 1.82) is 0 Å². The number of methoxy groups -OCH3 is 1. The van der Waals surface area contributed by atoms with Crippen LogP contribution in [-0.4, -0.2) is 24.6 Å². The topological polar surface area (TPSA) is 46.5 Å². The third-order valence-electron chi connectivity index (χ3n) is 4.43. The molecule has 1 aliphatic rings. The van der Waals surface area contributed by atoms with E-state index in [-0.39, 0.29) is 17.5 Å². The molecular weight excluding hydrogens is 276 g/mol. The molecule has 1 aromatic rings. The average molecular weight is 302 g/mol. The molecule has 0 heterocycles. The van der Waals surface area contributed by atoms with E-state index < -0.39 is 0 Å². The SMILES string of the molecule is COCCCCC1CC(=O)C(c2c(C)cc(C)cc2C)=C1O. The Morgan fingerprint density at radius 1 is 1.18 bits per heavy atom. The van der Waals surface area contributed by atoms with Gasteiger partial charge < -0.3 is 9.84 Å². The maximum absolute atomic E-state index is 12.4. The lowest BCUT2D eigenvalue weighted by Crippen LogP contribution is -2.02. The summed E-state index contributed by atoms with van der Waals surface area (Å²) in [5, 5.41) is 10.6. The van der Waals surface area contributed by atoms with Crippen LogP contribution in [0.2, 0.25) is 0 Å². The highest BCUT2D eigenvalue weighted by Gasteiger charge is 2.34. The molecule has 0 radical (unpaired) electrons. The van der Waals surface area contributed by atoms with E-state index in [2.05, 4.69) is 12.1 Å². The third-order valence-corrected chi connectivity index (χ3v) is 4.43. The molecule has 1 atom stereocenters. The Hall–Kier alpha value is -1.61. The Kier molecular flexibility index (Phi) is 5.41. The van der Waals surface area contributed by atoms with E-state index in [1.54, 1.807) is 7.11 Å². The number of allylic oxidation sites excluding steroid dienone is 2. The number of unbranched alkanes of at least 4 members (excludes halogenated alkanes) is 1. The van der Waals surface area contributed by atoms with Gasteiger partial charge in [0, 0.05) is 26.1 Å². The molecule has 0 fully saturated rings. The van der Waals surface area contributed by atoms with Crippen molar-refractivity contribution < 1.29 is 14.6 Å². The minimum absolute atomic E-state index is 0.0283. The zero-order valence-electron chi connectivity index (χ0n) is 14.0. The van der Waals surface area contributed by atoms with Crippen LogP contribution in [0.15, 0.2) is 17.9 Å². The van der Waals surface area contributed by atoms with E-state index in [1.165, 1.54) is 5.56 Å². The minimum atomic E-state index is -0.0283. The smallest absolute Gasteiger partial charge is 0.167 e. The summed E-state index contributed by atoms with van der Waals surface area (Å²) in [5.74, 6) is 0.334. The molecule has 3 nitrogen and oxygen atoms in total. The predicted octanol–water partition coefficient (Wildman–Crippen LogP) is 4.29. The number of benzene rings is 1. The summed E-state index contributed by atoms with van der Waals surface area (Å²) in [5.41, 5.74) is 4.78. The van der Waals surface area contributed by atoms with Gasteiger partial charge in [0.1, 0.15) is 5.76 Å². The van der Waals surface area contributed by atoms with Crippen LogP contribution in [0.3, 0.4) is 0 Å². The van der Waals surface area contributed by atoms with Crippen molar-refractivity contribution in [3.8, 4) is 0 Å². The standard InChI is InChI=1S/C19H26O3/c1-12-9-13(2)17(14(3)10-12)18-16(20)11-15(19(18)21)7-5-6-8-22-4/h9-10,15,21H,5-8,11H2,1-4H3. The van der Waals surface area contributed by atoms with Crippen molar-refractivity contribution in [3.05, 3.63) is 40.1 Å². The van der Waals surface area contributed by atoms with Crippen molar-refractivity contribution >= 4 is 11.4 Å². The quantitative estimate of drug-likeness (QED) is 0.797.